The van der Waals surface area contributed by atoms with Crippen LogP contribution in [-0.2, 0) is 19.1 Å². The van der Waals surface area contributed by atoms with Crippen molar-refractivity contribution in [2.24, 2.45) is 5.73 Å². The summed E-state index contributed by atoms with van der Waals surface area (Å²) in [4.78, 5) is 23.6. The topological polar surface area (TPSA) is 90.7 Å². The number of ketones is 1. The van der Waals surface area contributed by atoms with Crippen molar-refractivity contribution in [1.29, 1.82) is 0 Å². The summed E-state index contributed by atoms with van der Waals surface area (Å²) >= 11 is 0. The number of rotatable bonds is 10. The van der Waals surface area contributed by atoms with Gasteiger partial charge in [-0.25, -0.2) is 0 Å². The molecule has 1 amide bonds. The van der Waals surface area contributed by atoms with E-state index in [4.69, 9.17) is 15.2 Å². The van der Waals surface area contributed by atoms with Crippen molar-refractivity contribution >= 4 is 11.7 Å². The Balaban J connectivity index is 2.97. The molecular weight excluding hydrogens is 334 g/mol. The predicted octanol–water partition coefficient (Wildman–Crippen LogP) is 1.57. The van der Waals surface area contributed by atoms with Gasteiger partial charge in [0, 0.05) is 6.61 Å². The van der Waals surface area contributed by atoms with Crippen molar-refractivity contribution in [2.75, 3.05) is 13.2 Å². The van der Waals surface area contributed by atoms with Gasteiger partial charge in [-0.15, -0.1) is 0 Å². The van der Waals surface area contributed by atoms with E-state index in [0.717, 1.165) is 12.8 Å². The summed E-state index contributed by atoms with van der Waals surface area (Å²) in [6.45, 7) is 5.97. The van der Waals surface area contributed by atoms with Crippen molar-refractivity contribution in [3.05, 3.63) is 11.6 Å². The molecule has 0 saturated carbocycles. The lowest BCUT2D eigenvalue weighted by Gasteiger charge is -2.36. The Kier molecular flexibility index (Phi) is 9.16. The molecule has 144 valence electrons. The van der Waals surface area contributed by atoms with Crippen molar-refractivity contribution in [3.63, 3.8) is 0 Å². The maximum Gasteiger partial charge on any atom is 0.315 e. The summed E-state index contributed by atoms with van der Waals surface area (Å²) in [6, 6.07) is -1.52. The van der Waals surface area contributed by atoms with Crippen molar-refractivity contribution in [1.82, 2.24) is 5.32 Å². The molecule has 3 atom stereocenters. The van der Waals surface area contributed by atoms with Crippen LogP contribution in [0.5, 0.6) is 0 Å². The van der Waals surface area contributed by atoms with E-state index >= 15 is 0 Å². The van der Waals surface area contributed by atoms with Crippen molar-refractivity contribution in [3.8, 4) is 0 Å². The highest BCUT2D eigenvalue weighted by Gasteiger charge is 2.36. The van der Waals surface area contributed by atoms with Crippen LogP contribution in [0, 0.1) is 0 Å². The molecular formula is C17H28F2N2O4. The number of carbonyl (C=O) groups is 2. The number of hydrogen-bond donors (Lipinski definition) is 2. The van der Waals surface area contributed by atoms with Gasteiger partial charge in [-0.3, -0.25) is 9.59 Å². The van der Waals surface area contributed by atoms with Crippen LogP contribution in [0.4, 0.5) is 8.78 Å². The van der Waals surface area contributed by atoms with Gasteiger partial charge in [0.1, 0.15) is 6.61 Å². The van der Waals surface area contributed by atoms with Crippen LogP contribution < -0.4 is 11.1 Å². The van der Waals surface area contributed by atoms with Gasteiger partial charge in [-0.05, 0) is 37.8 Å². The maximum atomic E-state index is 12.6. The highest BCUT2D eigenvalue weighted by atomic mass is 19.3. The Morgan fingerprint density at radius 2 is 1.96 bits per heavy atom. The highest BCUT2D eigenvalue weighted by molar-refractivity contribution is 5.97. The molecule has 0 aromatic rings. The third-order valence-electron chi connectivity index (χ3n) is 4.23. The third kappa shape index (κ3) is 6.45. The van der Waals surface area contributed by atoms with Gasteiger partial charge in [-0.2, -0.15) is 8.78 Å². The fraction of sp³-hybridized carbons (Fsp3) is 0.765. The van der Waals surface area contributed by atoms with Crippen LogP contribution >= 0.6 is 0 Å². The first-order chi connectivity index (χ1) is 11.8. The number of halogens is 2. The zero-order valence-corrected chi connectivity index (χ0v) is 15.0. The molecule has 1 aliphatic carbocycles. The quantitative estimate of drug-likeness (QED) is 0.616. The molecule has 0 saturated heterocycles. The molecule has 8 heteroatoms. The molecule has 3 N–H and O–H groups in total. The van der Waals surface area contributed by atoms with Gasteiger partial charge in [0.15, 0.2) is 5.78 Å². The lowest BCUT2D eigenvalue weighted by Crippen LogP contribution is -2.57. The second kappa shape index (κ2) is 10.6. The van der Waals surface area contributed by atoms with E-state index < -0.39 is 30.5 Å². The lowest BCUT2D eigenvalue weighted by atomic mass is 9.86. The molecule has 0 aromatic carbocycles. The van der Waals surface area contributed by atoms with Gasteiger partial charge in [-0.1, -0.05) is 13.8 Å². The first-order valence-electron chi connectivity index (χ1n) is 8.65. The zero-order valence-electron chi connectivity index (χ0n) is 15.0. The fourth-order valence-electron chi connectivity index (χ4n) is 2.70. The van der Waals surface area contributed by atoms with E-state index in [1.807, 2.05) is 13.8 Å². The number of Topliss-reactive ketones (excluding diaryl/α,β-unsaturated/α-hetero) is 1. The molecule has 0 heterocycles. The number of nitrogens with one attached hydrogen (secondary N) is 1. The van der Waals surface area contributed by atoms with E-state index in [1.54, 1.807) is 13.0 Å². The predicted molar refractivity (Wildman–Crippen MR) is 89.4 cm³/mol. The number of alkyl halides is 2. The monoisotopic (exact) mass is 362 g/mol. The van der Waals surface area contributed by atoms with Crippen LogP contribution in [0.25, 0.3) is 0 Å². The van der Waals surface area contributed by atoms with Gasteiger partial charge >= 0.3 is 6.43 Å². The minimum absolute atomic E-state index is 0.0694. The Labute approximate surface area is 147 Å². The van der Waals surface area contributed by atoms with Gasteiger partial charge in [0.2, 0.25) is 0 Å². The molecule has 0 aromatic heterocycles. The summed E-state index contributed by atoms with van der Waals surface area (Å²) in [5.74, 6) is -1.66. The van der Waals surface area contributed by atoms with Crippen LogP contribution in [0.2, 0.25) is 0 Å². The third-order valence-corrected chi connectivity index (χ3v) is 4.23. The molecule has 25 heavy (non-hydrogen) atoms. The SMILES string of the molecule is CCOCC(=O)C1=C[C@@H](OC(CC)CC)C(N)[C@@H](NC(=O)C(F)F)C1. The number of hydrogen-bond acceptors (Lipinski definition) is 5. The molecule has 6 nitrogen and oxygen atoms in total. The van der Waals surface area contributed by atoms with Gasteiger partial charge in [0.25, 0.3) is 5.91 Å². The second-order valence-electron chi connectivity index (χ2n) is 5.99. The molecule has 0 aliphatic heterocycles. The average Bonchev–Trinajstić information content (AvgIpc) is 2.59. The number of nitrogens with two attached hydrogens (primary N) is 1. The molecule has 0 bridgehead atoms. The van der Waals surface area contributed by atoms with Crippen LogP contribution in [0.15, 0.2) is 11.6 Å². The summed E-state index contributed by atoms with van der Waals surface area (Å²) in [6.07, 6.45) is -0.626. The second-order valence-corrected chi connectivity index (χ2v) is 5.99. The molecule has 1 rings (SSSR count). The summed E-state index contributed by atoms with van der Waals surface area (Å²) in [5, 5.41) is 2.22. The first-order valence-corrected chi connectivity index (χ1v) is 8.65. The minimum atomic E-state index is -3.14. The summed E-state index contributed by atoms with van der Waals surface area (Å²) in [7, 11) is 0. The molecule has 0 radical (unpaired) electrons. The zero-order chi connectivity index (χ0) is 19.0. The fourth-order valence-corrected chi connectivity index (χ4v) is 2.70. The van der Waals surface area contributed by atoms with Crippen LogP contribution in [-0.4, -0.2) is 55.6 Å². The number of amides is 1. The standard InChI is InChI=1S/C17H28F2N2O4/c1-4-11(5-2)25-14-8-10(13(22)9-24-6-3)7-12(15(14)20)21-17(23)16(18)19/h8,11-12,14-16H,4-7,9,20H2,1-3H3,(H,21,23)/t12-,14+,15?/m0/s1. The Hall–Kier alpha value is -1.38. The summed E-state index contributed by atoms with van der Waals surface area (Å²) < 4.78 is 36.2. The highest BCUT2D eigenvalue weighted by Crippen LogP contribution is 2.24. The van der Waals surface area contributed by atoms with E-state index in [0.29, 0.717) is 12.2 Å². The van der Waals surface area contributed by atoms with E-state index in [1.165, 1.54) is 0 Å². The number of carbonyl (C=O) groups excluding carboxylic acids is 2. The van der Waals surface area contributed by atoms with E-state index in [9.17, 15) is 18.4 Å². The smallest absolute Gasteiger partial charge is 0.315 e. The minimum Gasteiger partial charge on any atom is -0.374 e. The van der Waals surface area contributed by atoms with Crippen LogP contribution in [0.3, 0.4) is 0 Å². The Morgan fingerprint density at radius 1 is 1.32 bits per heavy atom. The van der Waals surface area contributed by atoms with Crippen molar-refractivity contribution in [2.45, 2.75) is 70.8 Å². The summed E-state index contributed by atoms with van der Waals surface area (Å²) in [5.41, 5.74) is 6.50. The molecule has 1 unspecified atom stereocenters. The lowest BCUT2D eigenvalue weighted by molar-refractivity contribution is -0.133. The Bertz CT molecular complexity index is 481. The molecule has 1 aliphatic rings. The molecule has 0 spiro atoms. The van der Waals surface area contributed by atoms with Gasteiger partial charge < -0.3 is 20.5 Å². The van der Waals surface area contributed by atoms with Crippen molar-refractivity contribution < 1.29 is 27.8 Å². The number of ether oxygens (including phenoxy) is 2. The molecule has 0 fully saturated rings. The first kappa shape index (κ1) is 21.7. The average molecular weight is 362 g/mol. The van der Waals surface area contributed by atoms with Crippen LogP contribution in [0.1, 0.15) is 40.0 Å². The van der Waals surface area contributed by atoms with Gasteiger partial charge in [0.05, 0.1) is 24.3 Å². The largest absolute Gasteiger partial charge is 0.374 e. The van der Waals surface area contributed by atoms with E-state index in [-0.39, 0.29) is 24.9 Å². The maximum absolute atomic E-state index is 12.6. The Morgan fingerprint density at radius 3 is 2.48 bits per heavy atom. The van der Waals surface area contributed by atoms with E-state index in [2.05, 4.69) is 5.32 Å². The normalized spacial score (nSPS) is 23.7.